The van der Waals surface area contributed by atoms with E-state index < -0.39 is 5.92 Å². The summed E-state index contributed by atoms with van der Waals surface area (Å²) in [7, 11) is 3.14. The lowest BCUT2D eigenvalue weighted by atomic mass is 10.0. The second-order valence-corrected chi connectivity index (χ2v) is 6.77. The molecule has 2 heterocycles. The van der Waals surface area contributed by atoms with Crippen LogP contribution >= 0.6 is 23.1 Å². The van der Waals surface area contributed by atoms with Crippen LogP contribution in [0.25, 0.3) is 6.08 Å². The van der Waals surface area contributed by atoms with E-state index in [1.165, 1.54) is 23.1 Å². The number of hydrogen-bond acceptors (Lipinski definition) is 7. The van der Waals surface area contributed by atoms with Crippen molar-refractivity contribution in [3.8, 4) is 11.5 Å². The number of carbonyl (C=O) groups is 1. The van der Waals surface area contributed by atoms with Crippen LogP contribution in [0.3, 0.4) is 0 Å². The minimum absolute atomic E-state index is 0.0789. The van der Waals surface area contributed by atoms with Crippen molar-refractivity contribution in [2.75, 3.05) is 14.2 Å². The number of methoxy groups -OCH3 is 2. The van der Waals surface area contributed by atoms with Gasteiger partial charge in [0.25, 0.3) is 0 Å². The molecule has 7 heteroatoms. The summed E-state index contributed by atoms with van der Waals surface area (Å²) in [5, 5.41) is 10.9. The number of ketones is 1. The van der Waals surface area contributed by atoms with E-state index in [1.807, 2.05) is 11.4 Å². The van der Waals surface area contributed by atoms with Crippen LogP contribution in [0.2, 0.25) is 0 Å². The molecule has 0 saturated carbocycles. The first-order valence-corrected chi connectivity index (χ1v) is 8.47. The Balaban J connectivity index is 1.92. The Labute approximate surface area is 141 Å². The quantitative estimate of drug-likeness (QED) is 0.857. The maximum absolute atomic E-state index is 12.6. The fourth-order valence-corrected chi connectivity index (χ4v) is 4.09. The molecule has 0 amide bonds. The van der Waals surface area contributed by atoms with Gasteiger partial charge in [-0.25, -0.2) is 4.98 Å². The molecule has 2 aromatic rings. The van der Waals surface area contributed by atoms with E-state index in [4.69, 9.17) is 14.9 Å². The smallest absolute Gasteiger partial charge is 0.186 e. The highest BCUT2D eigenvalue weighted by atomic mass is 32.2. The zero-order chi connectivity index (χ0) is 16.4. The first-order chi connectivity index (χ1) is 11.1. The van der Waals surface area contributed by atoms with E-state index in [9.17, 15) is 4.79 Å². The predicted molar refractivity (Wildman–Crippen MR) is 92.7 cm³/mol. The van der Waals surface area contributed by atoms with Gasteiger partial charge in [0, 0.05) is 11.6 Å². The number of thioether (sulfide) groups is 1. The van der Waals surface area contributed by atoms with E-state index in [1.54, 1.807) is 38.6 Å². The van der Waals surface area contributed by atoms with Gasteiger partial charge < -0.3 is 9.47 Å². The molecule has 1 saturated heterocycles. The van der Waals surface area contributed by atoms with Crippen LogP contribution in [-0.2, 0) is 4.79 Å². The van der Waals surface area contributed by atoms with Crippen LogP contribution in [0.15, 0.2) is 34.7 Å². The molecule has 0 spiro atoms. The minimum Gasteiger partial charge on any atom is -0.493 e. The number of Topliss-reactive ketones (excluding diaryl/α,β-unsaturated/α-hetero) is 1. The van der Waals surface area contributed by atoms with Crippen molar-refractivity contribution in [3.05, 3.63) is 45.3 Å². The first kappa shape index (κ1) is 15.8. The third-order valence-electron chi connectivity index (χ3n) is 3.39. The van der Waals surface area contributed by atoms with Crippen molar-refractivity contribution in [3.63, 3.8) is 0 Å². The fourth-order valence-electron chi connectivity index (χ4n) is 2.28. The largest absolute Gasteiger partial charge is 0.493 e. The third kappa shape index (κ3) is 3.02. The second kappa shape index (κ2) is 6.55. The van der Waals surface area contributed by atoms with Crippen molar-refractivity contribution < 1.29 is 14.3 Å². The van der Waals surface area contributed by atoms with Gasteiger partial charge in [-0.2, -0.15) is 0 Å². The van der Waals surface area contributed by atoms with Gasteiger partial charge in [0.05, 0.1) is 24.2 Å². The lowest BCUT2D eigenvalue weighted by Crippen LogP contribution is -2.11. The first-order valence-electron chi connectivity index (χ1n) is 6.77. The van der Waals surface area contributed by atoms with Crippen molar-refractivity contribution in [2.24, 2.45) is 0 Å². The van der Waals surface area contributed by atoms with E-state index >= 15 is 0 Å². The molecule has 3 rings (SSSR count). The normalized spacial score (nSPS) is 19.4. The average molecular weight is 346 g/mol. The molecule has 5 nitrogen and oxygen atoms in total. The minimum atomic E-state index is -0.564. The monoisotopic (exact) mass is 346 g/mol. The summed E-state index contributed by atoms with van der Waals surface area (Å²) in [5.41, 5.74) is 0.825. The maximum Gasteiger partial charge on any atom is 0.186 e. The summed E-state index contributed by atoms with van der Waals surface area (Å²) in [4.78, 5) is 17.3. The molecule has 1 fully saturated rings. The molecule has 0 radical (unpaired) electrons. The van der Waals surface area contributed by atoms with Gasteiger partial charge in [0.2, 0.25) is 0 Å². The molecule has 0 unspecified atom stereocenters. The lowest BCUT2D eigenvalue weighted by Gasteiger charge is -2.08. The van der Waals surface area contributed by atoms with Crippen LogP contribution in [0.4, 0.5) is 0 Å². The van der Waals surface area contributed by atoms with Crippen LogP contribution in [0.5, 0.6) is 11.5 Å². The lowest BCUT2D eigenvalue weighted by molar-refractivity contribution is -0.114. The maximum atomic E-state index is 12.6. The Hall–Kier alpha value is -2.12. The molecule has 118 valence electrons. The van der Waals surface area contributed by atoms with E-state index in [-0.39, 0.29) is 5.78 Å². The number of carbonyl (C=O) groups excluding carboxylic acids is 1. The molecule has 0 bridgehead atoms. The fraction of sp³-hybridized carbons (Fsp3) is 0.188. The summed E-state index contributed by atoms with van der Waals surface area (Å²) < 4.78 is 10.5. The van der Waals surface area contributed by atoms with Gasteiger partial charge in [-0.3, -0.25) is 10.2 Å². The van der Waals surface area contributed by atoms with E-state index in [2.05, 4.69) is 4.98 Å². The van der Waals surface area contributed by atoms with Gasteiger partial charge in [-0.05, 0) is 23.8 Å². The molecular weight excluding hydrogens is 332 g/mol. The highest BCUT2D eigenvalue weighted by Gasteiger charge is 2.38. The van der Waals surface area contributed by atoms with Crippen LogP contribution in [-0.4, -0.2) is 30.0 Å². The Morgan fingerprint density at radius 3 is 2.70 bits per heavy atom. The Bertz CT molecular complexity index is 785. The van der Waals surface area contributed by atoms with Gasteiger partial charge in [-0.1, -0.05) is 17.8 Å². The molecular formula is C16H14N2O3S2. The highest BCUT2D eigenvalue weighted by Crippen LogP contribution is 2.41. The Morgan fingerprint density at radius 2 is 2.04 bits per heavy atom. The predicted octanol–water partition coefficient (Wildman–Crippen LogP) is 3.58. The summed E-state index contributed by atoms with van der Waals surface area (Å²) in [6, 6.07) is 5.45. The molecule has 0 aliphatic carbocycles. The SMILES string of the molecule is COc1ccc(/C=C2\SC(=N)[C@@H](c3nccs3)C2=O)cc1OC. The van der Waals surface area contributed by atoms with Crippen LogP contribution in [0.1, 0.15) is 16.5 Å². The molecule has 23 heavy (non-hydrogen) atoms. The number of ether oxygens (including phenoxy) is 2. The van der Waals surface area contributed by atoms with Crippen LogP contribution < -0.4 is 9.47 Å². The number of thiazole rings is 1. The number of aromatic nitrogens is 1. The number of nitrogens with one attached hydrogen (secondary N) is 1. The highest BCUT2D eigenvalue weighted by molar-refractivity contribution is 8.19. The zero-order valence-electron chi connectivity index (χ0n) is 12.5. The van der Waals surface area contributed by atoms with Gasteiger partial charge >= 0.3 is 0 Å². The third-order valence-corrected chi connectivity index (χ3v) is 5.23. The van der Waals surface area contributed by atoms with Crippen molar-refractivity contribution in [2.45, 2.75) is 5.92 Å². The molecule has 1 aromatic carbocycles. The molecule has 1 aromatic heterocycles. The summed E-state index contributed by atoms with van der Waals surface area (Å²) in [6.07, 6.45) is 3.43. The van der Waals surface area contributed by atoms with E-state index in [0.717, 1.165) is 5.56 Å². The van der Waals surface area contributed by atoms with Gasteiger partial charge in [0.15, 0.2) is 17.3 Å². The summed E-state index contributed by atoms with van der Waals surface area (Å²) in [6.45, 7) is 0. The average Bonchev–Trinajstić information content (AvgIpc) is 3.16. The topological polar surface area (TPSA) is 72.3 Å². The molecule has 1 aliphatic heterocycles. The van der Waals surface area contributed by atoms with Gasteiger partial charge in [-0.15, -0.1) is 11.3 Å². The second-order valence-electron chi connectivity index (χ2n) is 4.76. The molecule has 1 aliphatic rings. The number of allylic oxidation sites excluding steroid dienone is 1. The molecule has 1 atom stereocenters. The van der Waals surface area contributed by atoms with Gasteiger partial charge in [0.1, 0.15) is 10.9 Å². The summed E-state index contributed by atoms with van der Waals surface area (Å²) in [5.74, 6) is 0.591. The zero-order valence-corrected chi connectivity index (χ0v) is 14.2. The summed E-state index contributed by atoms with van der Waals surface area (Å²) >= 11 is 2.58. The van der Waals surface area contributed by atoms with Crippen LogP contribution in [0, 0.1) is 5.41 Å². The van der Waals surface area contributed by atoms with E-state index in [0.29, 0.717) is 26.5 Å². The van der Waals surface area contributed by atoms with Crippen molar-refractivity contribution in [1.82, 2.24) is 4.98 Å². The standard InChI is InChI=1S/C16H14N2O3S2/c1-20-10-4-3-9(7-11(10)21-2)8-12-14(19)13(15(17)23-12)16-18-5-6-22-16/h3-8,13,17H,1-2H3/b12-8-,17-15?/t13-/m0/s1. The molecule has 1 N–H and O–H groups in total. The Morgan fingerprint density at radius 1 is 1.26 bits per heavy atom. The number of nitrogens with zero attached hydrogens (tertiary/aromatic N) is 1. The number of benzene rings is 1. The Kier molecular flexibility index (Phi) is 4.49. The van der Waals surface area contributed by atoms with Crippen molar-refractivity contribution in [1.29, 1.82) is 5.41 Å². The van der Waals surface area contributed by atoms with Crippen molar-refractivity contribution >= 4 is 40.0 Å². The number of rotatable bonds is 4. The number of hydrogen-bond donors (Lipinski definition) is 1.